The topological polar surface area (TPSA) is 0 Å². The van der Waals surface area contributed by atoms with Crippen LogP contribution in [-0.4, -0.2) is 0 Å². The van der Waals surface area contributed by atoms with Gasteiger partial charge in [0.2, 0.25) is 0 Å². The fraction of sp³-hybridized carbons (Fsp3) is 0. The molecule has 0 atom stereocenters. The van der Waals surface area contributed by atoms with Gasteiger partial charge in [0.05, 0.1) is 0 Å². The third-order valence-corrected chi connectivity index (χ3v) is 1.88. The Hall–Kier alpha value is -1.63. The van der Waals surface area contributed by atoms with E-state index in [9.17, 15) is 4.39 Å². The average Bonchev–Trinajstić information content (AvgIpc) is 2.20. The standard InChI is InChI=1S/C12H8F/c13-12-8-6-11(7-9-12)10-4-2-1-3-5-10/h1-2,4-9H. The van der Waals surface area contributed by atoms with E-state index in [1.54, 1.807) is 12.1 Å². The van der Waals surface area contributed by atoms with Gasteiger partial charge in [0, 0.05) is 0 Å². The summed E-state index contributed by atoms with van der Waals surface area (Å²) in [5, 5.41) is 0. The van der Waals surface area contributed by atoms with Crippen molar-refractivity contribution < 1.29 is 4.39 Å². The van der Waals surface area contributed by atoms with E-state index < -0.39 is 0 Å². The van der Waals surface area contributed by atoms with Crippen molar-refractivity contribution in [3.63, 3.8) is 0 Å². The summed E-state index contributed by atoms with van der Waals surface area (Å²) in [7, 11) is 0. The van der Waals surface area contributed by atoms with Gasteiger partial charge < -0.3 is 0 Å². The summed E-state index contributed by atoms with van der Waals surface area (Å²) in [6, 6.07) is 17.0. The molecule has 0 aliphatic heterocycles. The van der Waals surface area contributed by atoms with Crippen LogP contribution in [0.2, 0.25) is 0 Å². The Balaban J connectivity index is 2.42. The molecule has 0 N–H and O–H groups in total. The van der Waals surface area contributed by atoms with Crippen molar-refractivity contribution in [2.45, 2.75) is 0 Å². The average molecular weight is 171 g/mol. The molecule has 0 saturated heterocycles. The van der Waals surface area contributed by atoms with Crippen LogP contribution in [0.4, 0.5) is 4.39 Å². The van der Waals surface area contributed by atoms with Crippen molar-refractivity contribution >= 4 is 0 Å². The Morgan fingerprint density at radius 3 is 2.31 bits per heavy atom. The van der Waals surface area contributed by atoms with Gasteiger partial charge in [0.25, 0.3) is 0 Å². The predicted molar refractivity (Wildman–Crippen MR) is 50.7 cm³/mol. The van der Waals surface area contributed by atoms with Crippen LogP contribution >= 0.6 is 0 Å². The lowest BCUT2D eigenvalue weighted by Gasteiger charge is -1.99. The molecule has 2 rings (SSSR count). The monoisotopic (exact) mass is 171 g/mol. The van der Waals surface area contributed by atoms with Gasteiger partial charge in [-0.25, -0.2) is 4.39 Å². The van der Waals surface area contributed by atoms with E-state index in [-0.39, 0.29) is 5.82 Å². The summed E-state index contributed by atoms with van der Waals surface area (Å²) in [5.41, 5.74) is 2.07. The molecular formula is C12H8F. The summed E-state index contributed by atoms with van der Waals surface area (Å²) >= 11 is 0. The highest BCUT2D eigenvalue weighted by atomic mass is 19.1. The largest absolute Gasteiger partial charge is 0.207 e. The highest BCUT2D eigenvalue weighted by Gasteiger charge is 1.95. The minimum atomic E-state index is -0.205. The van der Waals surface area contributed by atoms with Crippen LogP contribution in [0.3, 0.4) is 0 Å². The number of hydrogen-bond acceptors (Lipinski definition) is 0. The van der Waals surface area contributed by atoms with Crippen molar-refractivity contribution in [3.8, 4) is 11.1 Å². The Labute approximate surface area is 76.7 Å². The highest BCUT2D eigenvalue weighted by Crippen LogP contribution is 2.18. The molecule has 0 heterocycles. The molecule has 0 amide bonds. The molecule has 0 aliphatic rings. The molecule has 1 radical (unpaired) electrons. The van der Waals surface area contributed by atoms with Gasteiger partial charge >= 0.3 is 0 Å². The zero-order valence-electron chi connectivity index (χ0n) is 7.00. The molecule has 0 aromatic heterocycles. The molecule has 0 nitrogen and oxygen atoms in total. The lowest BCUT2D eigenvalue weighted by Crippen LogP contribution is -1.77. The quantitative estimate of drug-likeness (QED) is 0.617. The molecule has 13 heavy (non-hydrogen) atoms. The lowest BCUT2D eigenvalue weighted by molar-refractivity contribution is 0.628. The van der Waals surface area contributed by atoms with Crippen molar-refractivity contribution in [2.75, 3.05) is 0 Å². The second-order valence-corrected chi connectivity index (χ2v) is 2.80. The molecule has 0 unspecified atom stereocenters. The number of rotatable bonds is 1. The molecule has 63 valence electrons. The van der Waals surface area contributed by atoms with Gasteiger partial charge in [-0.15, -0.1) is 0 Å². The smallest absolute Gasteiger partial charge is 0.123 e. The first-order valence-corrected chi connectivity index (χ1v) is 4.08. The number of benzene rings is 2. The van der Waals surface area contributed by atoms with Crippen LogP contribution in [0, 0.1) is 11.9 Å². The van der Waals surface area contributed by atoms with Crippen LogP contribution in [0.15, 0.2) is 48.5 Å². The third kappa shape index (κ3) is 1.75. The molecule has 0 bridgehead atoms. The molecule has 0 aliphatic carbocycles. The molecule has 2 aromatic carbocycles. The minimum absolute atomic E-state index is 0.205. The van der Waals surface area contributed by atoms with Gasteiger partial charge in [-0.1, -0.05) is 30.3 Å². The Bertz CT molecular complexity index is 376. The van der Waals surface area contributed by atoms with Gasteiger partial charge in [-0.3, -0.25) is 0 Å². The van der Waals surface area contributed by atoms with E-state index in [2.05, 4.69) is 6.07 Å². The normalized spacial score (nSPS) is 9.92. The summed E-state index contributed by atoms with van der Waals surface area (Å²) < 4.78 is 12.6. The first kappa shape index (κ1) is 7.99. The Morgan fingerprint density at radius 2 is 1.69 bits per heavy atom. The summed E-state index contributed by atoms with van der Waals surface area (Å²) in [6.45, 7) is 0. The molecule has 0 spiro atoms. The summed E-state index contributed by atoms with van der Waals surface area (Å²) in [6.07, 6.45) is 0. The second-order valence-electron chi connectivity index (χ2n) is 2.80. The van der Waals surface area contributed by atoms with Crippen LogP contribution in [0.25, 0.3) is 11.1 Å². The predicted octanol–water partition coefficient (Wildman–Crippen LogP) is 3.29. The van der Waals surface area contributed by atoms with Crippen molar-refractivity contribution in [2.24, 2.45) is 0 Å². The van der Waals surface area contributed by atoms with E-state index in [1.165, 1.54) is 12.1 Å². The third-order valence-electron chi connectivity index (χ3n) is 1.88. The fourth-order valence-corrected chi connectivity index (χ4v) is 1.22. The van der Waals surface area contributed by atoms with E-state index in [4.69, 9.17) is 0 Å². The molecule has 1 heteroatoms. The van der Waals surface area contributed by atoms with Crippen LogP contribution in [0.1, 0.15) is 0 Å². The van der Waals surface area contributed by atoms with E-state index >= 15 is 0 Å². The maximum Gasteiger partial charge on any atom is 0.123 e. The maximum absolute atomic E-state index is 12.6. The molecule has 0 saturated carbocycles. The number of hydrogen-bond donors (Lipinski definition) is 0. The maximum atomic E-state index is 12.6. The summed E-state index contributed by atoms with van der Waals surface area (Å²) in [4.78, 5) is 0. The zero-order chi connectivity index (χ0) is 9.10. The number of halogens is 1. The Kier molecular flexibility index (Phi) is 2.09. The first-order chi connectivity index (χ1) is 6.36. The summed E-state index contributed by atoms with van der Waals surface area (Å²) in [5.74, 6) is -0.205. The van der Waals surface area contributed by atoms with E-state index in [0.717, 1.165) is 11.1 Å². The van der Waals surface area contributed by atoms with Crippen LogP contribution in [0.5, 0.6) is 0 Å². The minimum Gasteiger partial charge on any atom is -0.207 e. The van der Waals surface area contributed by atoms with Gasteiger partial charge in [-0.2, -0.15) is 0 Å². The first-order valence-electron chi connectivity index (χ1n) is 4.08. The fourth-order valence-electron chi connectivity index (χ4n) is 1.22. The van der Waals surface area contributed by atoms with E-state index in [0.29, 0.717) is 0 Å². The molecule has 2 aromatic rings. The van der Waals surface area contributed by atoms with Crippen LogP contribution < -0.4 is 0 Å². The van der Waals surface area contributed by atoms with Crippen molar-refractivity contribution in [1.29, 1.82) is 0 Å². The second kappa shape index (κ2) is 3.40. The highest BCUT2D eigenvalue weighted by molar-refractivity contribution is 5.62. The van der Waals surface area contributed by atoms with E-state index in [1.807, 2.05) is 24.3 Å². The molecular weight excluding hydrogens is 163 g/mol. The van der Waals surface area contributed by atoms with Gasteiger partial charge in [-0.05, 0) is 35.4 Å². The lowest BCUT2D eigenvalue weighted by atomic mass is 10.1. The zero-order valence-corrected chi connectivity index (χ0v) is 7.00. The van der Waals surface area contributed by atoms with Crippen LogP contribution in [-0.2, 0) is 0 Å². The molecule has 0 fully saturated rings. The van der Waals surface area contributed by atoms with Crippen molar-refractivity contribution in [1.82, 2.24) is 0 Å². The van der Waals surface area contributed by atoms with Gasteiger partial charge in [0.15, 0.2) is 0 Å². The Morgan fingerprint density at radius 1 is 0.923 bits per heavy atom. The SMILES string of the molecule is Fc1ccc(-c2c[c]ccc2)cc1. The van der Waals surface area contributed by atoms with Gasteiger partial charge in [0.1, 0.15) is 5.82 Å². The van der Waals surface area contributed by atoms with Crippen molar-refractivity contribution in [3.05, 3.63) is 60.4 Å².